The predicted octanol–water partition coefficient (Wildman–Crippen LogP) is 2.63. The molecule has 1 aliphatic rings. The van der Waals surface area contributed by atoms with Gasteiger partial charge in [-0.25, -0.2) is 4.98 Å². The lowest BCUT2D eigenvalue weighted by Gasteiger charge is -2.34. The fourth-order valence-electron chi connectivity index (χ4n) is 2.37. The molecule has 1 saturated carbocycles. The number of aryl methyl sites for hydroxylation is 1. The molecule has 1 aromatic heterocycles. The monoisotopic (exact) mass is 283 g/mol. The molecule has 1 amide bonds. The number of anilines is 1. The summed E-state index contributed by atoms with van der Waals surface area (Å²) in [6.45, 7) is 1.90. The van der Waals surface area contributed by atoms with Crippen LogP contribution in [0.5, 0.6) is 0 Å². The summed E-state index contributed by atoms with van der Waals surface area (Å²) in [5.74, 6) is -0.0935. The number of amides is 1. The largest absolute Gasteiger partial charge is 0.392 e. The third kappa shape index (κ3) is 2.54. The lowest BCUT2D eigenvalue weighted by atomic mass is 9.73. The Hall–Kier alpha value is -1.01. The van der Waals surface area contributed by atoms with E-state index < -0.39 is 5.41 Å². The first-order valence-corrected chi connectivity index (χ1v) is 7.37. The van der Waals surface area contributed by atoms with E-state index in [9.17, 15) is 4.79 Å². The predicted molar refractivity (Wildman–Crippen MR) is 77.8 cm³/mol. The minimum Gasteiger partial charge on any atom is -0.392 e. The number of nitrogens with two attached hydrogens (primary N) is 1. The molecule has 1 aliphatic carbocycles. The maximum Gasteiger partial charge on any atom is 0.239 e. The lowest BCUT2D eigenvalue weighted by Crippen LogP contribution is -2.47. The molecule has 0 bridgehead atoms. The Bertz CT molecular complexity index is 464. The van der Waals surface area contributed by atoms with Crippen molar-refractivity contribution in [1.29, 1.82) is 0 Å². The van der Waals surface area contributed by atoms with Gasteiger partial charge >= 0.3 is 0 Å². The summed E-state index contributed by atoms with van der Waals surface area (Å²) in [4.78, 5) is 17.0. The van der Waals surface area contributed by atoms with Crippen LogP contribution in [0.3, 0.4) is 0 Å². The smallest absolute Gasteiger partial charge is 0.239 e. The van der Waals surface area contributed by atoms with Crippen molar-refractivity contribution in [3.63, 3.8) is 0 Å². The van der Waals surface area contributed by atoms with E-state index in [1.165, 1.54) is 11.3 Å². The van der Waals surface area contributed by atoms with Crippen LogP contribution in [0, 0.1) is 12.3 Å². The van der Waals surface area contributed by atoms with E-state index >= 15 is 0 Å². The van der Waals surface area contributed by atoms with Gasteiger partial charge in [-0.2, -0.15) is 0 Å². The Morgan fingerprint density at radius 2 is 2.17 bits per heavy atom. The fourth-order valence-corrected chi connectivity index (χ4v) is 3.35. The third-order valence-electron chi connectivity index (χ3n) is 3.45. The number of hydrogen-bond donors (Lipinski definition) is 2. The maximum atomic E-state index is 12.4. The molecule has 0 spiro atoms. The molecule has 1 aromatic rings. The minimum absolute atomic E-state index is 0.0935. The average molecular weight is 283 g/mol. The molecule has 18 heavy (non-hydrogen) atoms. The van der Waals surface area contributed by atoms with E-state index in [1.54, 1.807) is 0 Å². The number of nitrogens with one attached hydrogen (secondary N) is 1. The zero-order valence-electron chi connectivity index (χ0n) is 10.4. The van der Waals surface area contributed by atoms with Gasteiger partial charge in [0, 0.05) is 5.38 Å². The van der Waals surface area contributed by atoms with E-state index in [0.717, 1.165) is 37.8 Å². The molecule has 1 fully saturated rings. The van der Waals surface area contributed by atoms with Crippen LogP contribution in [-0.4, -0.2) is 15.9 Å². The summed E-state index contributed by atoms with van der Waals surface area (Å²) in [5.41, 5.74) is 6.05. The van der Waals surface area contributed by atoms with Gasteiger partial charge in [-0.15, -0.1) is 11.3 Å². The van der Waals surface area contributed by atoms with Crippen LogP contribution in [-0.2, 0) is 4.79 Å². The molecule has 0 atom stereocenters. The number of carbonyl (C=O) groups is 1. The van der Waals surface area contributed by atoms with Crippen molar-refractivity contribution in [2.75, 3.05) is 5.32 Å². The molecule has 2 rings (SSSR count). The summed E-state index contributed by atoms with van der Waals surface area (Å²) in [5, 5.41) is 5.39. The van der Waals surface area contributed by atoms with Crippen LogP contribution in [0.25, 0.3) is 0 Å². The molecule has 0 unspecified atom stereocenters. The highest BCUT2D eigenvalue weighted by molar-refractivity contribution is 7.80. The van der Waals surface area contributed by atoms with Crippen LogP contribution < -0.4 is 11.1 Å². The van der Waals surface area contributed by atoms with E-state index in [0.29, 0.717) is 10.1 Å². The quantitative estimate of drug-likeness (QED) is 0.837. The molecule has 1 heterocycles. The summed E-state index contributed by atoms with van der Waals surface area (Å²) in [6.07, 6.45) is 4.65. The molecule has 0 radical (unpaired) electrons. The summed E-state index contributed by atoms with van der Waals surface area (Å²) >= 11 is 6.55. The number of thiocarbonyl (C=S) groups is 1. The Balaban J connectivity index is 2.16. The number of thiazole rings is 1. The second-order valence-corrected chi connectivity index (χ2v) is 6.05. The van der Waals surface area contributed by atoms with Crippen molar-refractivity contribution in [2.45, 2.75) is 39.0 Å². The van der Waals surface area contributed by atoms with Crippen molar-refractivity contribution < 1.29 is 4.79 Å². The van der Waals surface area contributed by atoms with E-state index in [2.05, 4.69) is 10.3 Å². The van der Waals surface area contributed by atoms with E-state index in [-0.39, 0.29) is 5.91 Å². The highest BCUT2D eigenvalue weighted by Gasteiger charge is 2.42. The molecule has 0 saturated heterocycles. The van der Waals surface area contributed by atoms with Gasteiger partial charge < -0.3 is 11.1 Å². The molecular weight excluding hydrogens is 266 g/mol. The summed E-state index contributed by atoms with van der Waals surface area (Å²) in [6, 6.07) is 0. The van der Waals surface area contributed by atoms with E-state index in [1.807, 2.05) is 12.3 Å². The Morgan fingerprint density at radius 3 is 2.67 bits per heavy atom. The van der Waals surface area contributed by atoms with Crippen molar-refractivity contribution in [2.24, 2.45) is 11.1 Å². The van der Waals surface area contributed by atoms with Gasteiger partial charge in [-0.3, -0.25) is 4.79 Å². The zero-order chi connectivity index (χ0) is 13.2. The van der Waals surface area contributed by atoms with Gasteiger partial charge in [-0.05, 0) is 19.8 Å². The molecule has 4 nitrogen and oxygen atoms in total. The van der Waals surface area contributed by atoms with Gasteiger partial charge in [0.15, 0.2) is 5.13 Å². The number of carbonyl (C=O) groups excluding carboxylic acids is 1. The van der Waals surface area contributed by atoms with Crippen LogP contribution in [0.2, 0.25) is 0 Å². The van der Waals surface area contributed by atoms with Gasteiger partial charge in [0.25, 0.3) is 0 Å². The van der Waals surface area contributed by atoms with Crippen LogP contribution in [0.15, 0.2) is 5.38 Å². The Labute approximate surface area is 116 Å². The summed E-state index contributed by atoms with van der Waals surface area (Å²) in [7, 11) is 0. The van der Waals surface area contributed by atoms with Crippen LogP contribution >= 0.6 is 23.6 Å². The van der Waals surface area contributed by atoms with Crippen LogP contribution in [0.4, 0.5) is 5.13 Å². The average Bonchev–Trinajstić information content (AvgIpc) is 2.75. The molecule has 0 aromatic carbocycles. The topological polar surface area (TPSA) is 68.0 Å². The highest BCUT2D eigenvalue weighted by atomic mass is 32.1. The number of aromatic nitrogens is 1. The first kappa shape index (κ1) is 13.4. The van der Waals surface area contributed by atoms with Crippen molar-refractivity contribution in [1.82, 2.24) is 4.98 Å². The maximum absolute atomic E-state index is 12.4. The van der Waals surface area contributed by atoms with Gasteiger partial charge in [-0.1, -0.05) is 31.5 Å². The standard InChI is InChI=1S/C12H17N3OS2/c1-8-7-18-11(14-8)15-10(16)12(9(13)17)5-3-2-4-6-12/h7H,2-6H2,1H3,(H2,13,17)(H,14,15,16). The molecule has 0 aliphatic heterocycles. The highest BCUT2D eigenvalue weighted by Crippen LogP contribution is 2.38. The number of hydrogen-bond acceptors (Lipinski definition) is 4. The van der Waals surface area contributed by atoms with Crippen molar-refractivity contribution >= 4 is 39.6 Å². The normalized spacial score (nSPS) is 18.3. The van der Waals surface area contributed by atoms with Crippen molar-refractivity contribution in [3.8, 4) is 0 Å². The number of rotatable bonds is 3. The molecule has 98 valence electrons. The Kier molecular flexibility index (Phi) is 3.97. The van der Waals surface area contributed by atoms with E-state index in [4.69, 9.17) is 18.0 Å². The third-order valence-corrected chi connectivity index (χ3v) is 4.72. The second kappa shape index (κ2) is 5.32. The first-order chi connectivity index (χ1) is 8.54. The Morgan fingerprint density at radius 1 is 1.50 bits per heavy atom. The van der Waals surface area contributed by atoms with Gasteiger partial charge in [0.1, 0.15) is 0 Å². The molecule has 6 heteroatoms. The minimum atomic E-state index is -0.673. The summed E-state index contributed by atoms with van der Waals surface area (Å²) < 4.78 is 0. The van der Waals surface area contributed by atoms with Gasteiger partial charge in [0.05, 0.1) is 16.1 Å². The van der Waals surface area contributed by atoms with Gasteiger partial charge in [0.2, 0.25) is 5.91 Å². The fraction of sp³-hybridized carbons (Fsp3) is 0.583. The molecular formula is C12H17N3OS2. The SMILES string of the molecule is Cc1csc(NC(=O)C2(C(N)=S)CCCCC2)n1. The lowest BCUT2D eigenvalue weighted by molar-refractivity contribution is -0.123. The van der Waals surface area contributed by atoms with Crippen LogP contribution in [0.1, 0.15) is 37.8 Å². The zero-order valence-corrected chi connectivity index (χ0v) is 12.0. The second-order valence-electron chi connectivity index (χ2n) is 4.76. The molecule has 3 N–H and O–H groups in total. The van der Waals surface area contributed by atoms with Crippen molar-refractivity contribution in [3.05, 3.63) is 11.1 Å². The first-order valence-electron chi connectivity index (χ1n) is 6.08. The number of nitrogens with zero attached hydrogens (tertiary/aromatic N) is 1.